The van der Waals surface area contributed by atoms with E-state index in [-0.39, 0.29) is 29.6 Å². The maximum absolute atomic E-state index is 10.2. The van der Waals surface area contributed by atoms with Crippen LogP contribution in [0, 0.1) is 0 Å². The van der Waals surface area contributed by atoms with Crippen molar-refractivity contribution in [2.24, 2.45) is 0 Å². The quantitative estimate of drug-likeness (QED) is 0.191. The summed E-state index contributed by atoms with van der Waals surface area (Å²) < 4.78 is 33.4. The minimum absolute atomic E-state index is 0. The van der Waals surface area contributed by atoms with Gasteiger partial charge in [0, 0.05) is 0 Å². The molecule has 0 aliphatic carbocycles. The van der Waals surface area contributed by atoms with Gasteiger partial charge in [-0.15, -0.1) is 0 Å². The molecule has 0 bridgehead atoms. The van der Waals surface area contributed by atoms with E-state index in [1.807, 2.05) is 0 Å². The van der Waals surface area contributed by atoms with E-state index in [9.17, 15) is 13.0 Å². The Hall–Kier alpha value is 1.45. The predicted octanol–water partition coefficient (Wildman–Crippen LogP) is 0.392. The summed E-state index contributed by atoms with van der Waals surface area (Å²) in [6.45, 7) is 1.65. The number of alkyl halides is 2. The van der Waals surface area contributed by atoms with Gasteiger partial charge in [0.2, 0.25) is 10.4 Å². The second-order valence-electron chi connectivity index (χ2n) is 4.04. The molecule has 18 heavy (non-hydrogen) atoms. The van der Waals surface area contributed by atoms with Crippen LogP contribution in [0.3, 0.4) is 0 Å². The number of unbranched alkanes of at least 4 members (excludes halogenated alkanes) is 5. The minimum atomic E-state index is -4.72. The van der Waals surface area contributed by atoms with Crippen LogP contribution in [0.1, 0.15) is 51.9 Å². The Morgan fingerprint density at radius 3 is 2.11 bits per heavy atom. The zero-order valence-electron chi connectivity index (χ0n) is 11.0. The molecule has 8 heteroatoms. The fourth-order valence-electron chi connectivity index (χ4n) is 1.39. The normalized spacial score (nSPS) is 12.2. The SMILES string of the molecule is CCCCCCCCC(Cl)(Cl)COS(=O)(=O)[O-].[Na+]. The minimum Gasteiger partial charge on any atom is -0.726 e. The Morgan fingerprint density at radius 2 is 1.61 bits per heavy atom. The smallest absolute Gasteiger partial charge is 0.726 e. The Balaban J connectivity index is 0. The maximum atomic E-state index is 10.2. The van der Waals surface area contributed by atoms with Crippen molar-refractivity contribution >= 4 is 33.6 Å². The summed E-state index contributed by atoms with van der Waals surface area (Å²) in [6, 6.07) is 0. The monoisotopic (exact) mass is 328 g/mol. The Labute approximate surface area is 142 Å². The van der Waals surface area contributed by atoms with Crippen molar-refractivity contribution in [2.75, 3.05) is 6.61 Å². The van der Waals surface area contributed by atoms with E-state index in [0.29, 0.717) is 6.42 Å². The van der Waals surface area contributed by atoms with Crippen LogP contribution in [0.25, 0.3) is 0 Å². The van der Waals surface area contributed by atoms with Crippen LogP contribution in [-0.2, 0) is 14.6 Å². The summed E-state index contributed by atoms with van der Waals surface area (Å²) >= 11 is 11.6. The third-order valence-electron chi connectivity index (χ3n) is 2.31. The topological polar surface area (TPSA) is 66.4 Å². The predicted molar refractivity (Wildman–Crippen MR) is 68.1 cm³/mol. The molecule has 0 aliphatic rings. The number of hydrogen-bond acceptors (Lipinski definition) is 4. The molecule has 0 amide bonds. The molecule has 0 aliphatic heterocycles. The van der Waals surface area contributed by atoms with Crippen LogP contribution >= 0.6 is 23.2 Å². The van der Waals surface area contributed by atoms with E-state index in [2.05, 4.69) is 11.1 Å². The van der Waals surface area contributed by atoms with Gasteiger partial charge in [-0.3, -0.25) is 4.18 Å². The molecule has 0 fully saturated rings. The zero-order chi connectivity index (χ0) is 13.4. The third kappa shape index (κ3) is 15.5. The van der Waals surface area contributed by atoms with Gasteiger partial charge in [-0.25, -0.2) is 8.42 Å². The third-order valence-corrected chi connectivity index (χ3v) is 3.31. The van der Waals surface area contributed by atoms with Crippen LogP contribution in [0.5, 0.6) is 0 Å². The molecular formula is C10H19Cl2NaO4S. The first-order valence-corrected chi connectivity index (χ1v) is 7.84. The fraction of sp³-hybridized carbons (Fsp3) is 1.00. The van der Waals surface area contributed by atoms with Crippen LogP contribution in [0.2, 0.25) is 0 Å². The van der Waals surface area contributed by atoms with E-state index in [0.717, 1.165) is 19.3 Å². The van der Waals surface area contributed by atoms with Crippen molar-refractivity contribution in [2.45, 2.75) is 56.2 Å². The standard InChI is InChI=1S/C10H20Cl2O4S.Na/c1-2-3-4-5-6-7-8-10(11,12)9-16-17(13,14)15;/h2-9H2,1H3,(H,13,14,15);/q;+1/p-1. The summed E-state index contributed by atoms with van der Waals surface area (Å²) in [5.74, 6) is 0. The molecule has 0 aromatic heterocycles. The van der Waals surface area contributed by atoms with E-state index in [1.54, 1.807) is 0 Å². The van der Waals surface area contributed by atoms with Crippen LogP contribution in [-0.4, -0.2) is 23.9 Å². The molecule has 0 spiro atoms. The van der Waals surface area contributed by atoms with Crippen molar-refractivity contribution < 1.29 is 46.7 Å². The molecule has 0 N–H and O–H groups in total. The molecule has 0 aromatic rings. The van der Waals surface area contributed by atoms with Gasteiger partial charge in [0.25, 0.3) is 0 Å². The molecule has 0 rings (SSSR count). The van der Waals surface area contributed by atoms with Gasteiger partial charge in [0.15, 0.2) is 0 Å². The van der Waals surface area contributed by atoms with E-state index in [4.69, 9.17) is 23.2 Å². The Kier molecular flexibility index (Phi) is 13.5. The van der Waals surface area contributed by atoms with E-state index >= 15 is 0 Å². The summed E-state index contributed by atoms with van der Waals surface area (Å²) in [7, 11) is -4.72. The Bertz CT molecular complexity index is 296. The fourth-order valence-corrected chi connectivity index (χ4v) is 2.25. The van der Waals surface area contributed by atoms with Gasteiger partial charge in [0.05, 0.1) is 6.61 Å². The van der Waals surface area contributed by atoms with Gasteiger partial charge in [-0.05, 0) is 6.42 Å². The molecule has 0 heterocycles. The maximum Gasteiger partial charge on any atom is 1.00 e. The molecule has 0 atom stereocenters. The molecule has 0 saturated heterocycles. The molecular weight excluding hydrogens is 310 g/mol. The van der Waals surface area contributed by atoms with Gasteiger partial charge in [-0.1, -0.05) is 68.7 Å². The Morgan fingerprint density at radius 1 is 1.11 bits per heavy atom. The van der Waals surface area contributed by atoms with E-state index in [1.165, 1.54) is 19.3 Å². The van der Waals surface area contributed by atoms with E-state index < -0.39 is 21.3 Å². The van der Waals surface area contributed by atoms with Crippen molar-refractivity contribution in [1.82, 2.24) is 0 Å². The summed E-state index contributed by atoms with van der Waals surface area (Å²) in [5, 5.41) is 0. The second kappa shape index (κ2) is 11.1. The van der Waals surface area contributed by atoms with Gasteiger partial charge in [0.1, 0.15) is 4.33 Å². The van der Waals surface area contributed by atoms with Crippen LogP contribution in [0.4, 0.5) is 0 Å². The van der Waals surface area contributed by atoms with Crippen molar-refractivity contribution in [3.8, 4) is 0 Å². The van der Waals surface area contributed by atoms with Crippen molar-refractivity contribution in [3.63, 3.8) is 0 Å². The summed E-state index contributed by atoms with van der Waals surface area (Å²) in [6.07, 6.45) is 6.88. The molecule has 0 aromatic carbocycles. The van der Waals surface area contributed by atoms with Crippen LogP contribution < -0.4 is 29.6 Å². The first-order valence-electron chi connectivity index (χ1n) is 5.75. The van der Waals surface area contributed by atoms with Crippen molar-refractivity contribution in [1.29, 1.82) is 0 Å². The first kappa shape index (κ1) is 21.7. The molecule has 0 saturated carbocycles. The van der Waals surface area contributed by atoms with Gasteiger partial charge in [-0.2, -0.15) is 0 Å². The number of halogens is 2. The second-order valence-corrected chi connectivity index (χ2v) is 6.74. The molecule has 4 nitrogen and oxygen atoms in total. The number of rotatable bonds is 10. The average Bonchev–Trinajstić information content (AvgIpc) is 2.20. The van der Waals surface area contributed by atoms with Crippen molar-refractivity contribution in [3.05, 3.63) is 0 Å². The van der Waals surface area contributed by atoms with Gasteiger partial charge >= 0.3 is 29.6 Å². The number of hydrogen-bond donors (Lipinski definition) is 0. The largest absolute Gasteiger partial charge is 1.00 e. The first-order chi connectivity index (χ1) is 7.77. The average molecular weight is 329 g/mol. The van der Waals surface area contributed by atoms with Crippen LogP contribution in [0.15, 0.2) is 0 Å². The summed E-state index contributed by atoms with van der Waals surface area (Å²) in [5.41, 5.74) is 0. The molecule has 0 radical (unpaired) electrons. The molecule has 104 valence electrons. The zero-order valence-corrected chi connectivity index (χ0v) is 15.3. The summed E-state index contributed by atoms with van der Waals surface area (Å²) in [4.78, 5) is 0. The van der Waals surface area contributed by atoms with Gasteiger partial charge < -0.3 is 4.55 Å². The molecule has 0 unspecified atom stereocenters.